The molecule has 0 aliphatic carbocycles. The normalized spacial score (nSPS) is 17.7. The second-order valence-corrected chi connectivity index (χ2v) is 5.17. The van der Waals surface area contributed by atoms with Crippen LogP contribution in [0.25, 0.3) is 0 Å². The van der Waals surface area contributed by atoms with E-state index in [1.807, 2.05) is 0 Å². The molecule has 0 saturated carbocycles. The third-order valence-corrected chi connectivity index (χ3v) is 3.92. The number of rotatable bonds is 2. The van der Waals surface area contributed by atoms with E-state index in [4.69, 9.17) is 21.1 Å². The lowest BCUT2D eigenvalue weighted by Crippen LogP contribution is -2.28. The smallest absolute Gasteiger partial charge is 0.289 e. The summed E-state index contributed by atoms with van der Waals surface area (Å²) in [5.74, 6) is 1.16. The highest BCUT2D eigenvalue weighted by Crippen LogP contribution is 2.37. The zero-order valence-electron chi connectivity index (χ0n) is 9.14. The maximum absolute atomic E-state index is 11.5. The van der Waals surface area contributed by atoms with E-state index in [0.717, 1.165) is 11.8 Å². The van der Waals surface area contributed by atoms with Crippen LogP contribution in [0, 0.1) is 0 Å². The second-order valence-electron chi connectivity index (χ2n) is 3.83. The summed E-state index contributed by atoms with van der Waals surface area (Å²) in [5.41, 5.74) is 0.671. The van der Waals surface area contributed by atoms with Crippen molar-refractivity contribution in [2.75, 3.05) is 12.5 Å². The van der Waals surface area contributed by atoms with Crippen LogP contribution >= 0.6 is 23.4 Å². The molecule has 2 aliphatic heterocycles. The summed E-state index contributed by atoms with van der Waals surface area (Å²) in [7, 11) is 0. The highest BCUT2D eigenvalue weighted by atomic mass is 35.5. The first-order valence-corrected chi connectivity index (χ1v) is 6.56. The van der Waals surface area contributed by atoms with Gasteiger partial charge in [0.25, 0.3) is 5.24 Å². The molecule has 0 unspecified atom stereocenters. The standard InChI is InChI=1S/C11H8ClNO4S/c12-7-2-9-8(16-5-17-9)1-6(7)3-13-10(14)4-18-11(13)15/h1-2H,3-5H2. The molecule has 18 heavy (non-hydrogen) atoms. The molecule has 0 spiro atoms. The number of halogens is 1. The highest BCUT2D eigenvalue weighted by Gasteiger charge is 2.30. The van der Waals surface area contributed by atoms with Crippen molar-refractivity contribution in [2.24, 2.45) is 0 Å². The fourth-order valence-electron chi connectivity index (χ4n) is 1.78. The van der Waals surface area contributed by atoms with Gasteiger partial charge in [0, 0.05) is 11.1 Å². The number of ether oxygens (including phenoxy) is 2. The summed E-state index contributed by atoms with van der Waals surface area (Å²) in [4.78, 5) is 24.2. The Morgan fingerprint density at radius 1 is 1.28 bits per heavy atom. The minimum absolute atomic E-state index is 0.159. The number of thioether (sulfide) groups is 1. The first-order chi connectivity index (χ1) is 8.65. The van der Waals surface area contributed by atoms with Crippen molar-refractivity contribution in [1.82, 2.24) is 4.90 Å². The fraction of sp³-hybridized carbons (Fsp3) is 0.273. The number of nitrogens with zero attached hydrogens (tertiary/aromatic N) is 1. The van der Waals surface area contributed by atoms with Crippen molar-refractivity contribution >= 4 is 34.5 Å². The molecule has 1 aromatic carbocycles. The molecule has 2 aliphatic rings. The number of fused-ring (bicyclic) bond motifs is 1. The zero-order valence-corrected chi connectivity index (χ0v) is 10.7. The number of imide groups is 1. The summed E-state index contributed by atoms with van der Waals surface area (Å²) in [6, 6.07) is 3.34. The minimum atomic E-state index is -0.242. The van der Waals surface area contributed by atoms with Crippen molar-refractivity contribution in [2.45, 2.75) is 6.54 Å². The van der Waals surface area contributed by atoms with E-state index >= 15 is 0 Å². The number of carbonyl (C=O) groups excluding carboxylic acids is 2. The minimum Gasteiger partial charge on any atom is -0.454 e. The van der Waals surface area contributed by atoms with Crippen LogP contribution in [0.2, 0.25) is 5.02 Å². The summed E-state index contributed by atoms with van der Waals surface area (Å²) in [6.45, 7) is 0.326. The second kappa shape index (κ2) is 4.37. The third-order valence-electron chi connectivity index (χ3n) is 2.71. The van der Waals surface area contributed by atoms with Crippen LogP contribution in [0.15, 0.2) is 12.1 Å². The lowest BCUT2D eigenvalue weighted by molar-refractivity contribution is -0.125. The number of hydrogen-bond acceptors (Lipinski definition) is 5. The molecule has 1 aromatic rings. The molecule has 7 heteroatoms. The maximum Gasteiger partial charge on any atom is 0.289 e. The zero-order chi connectivity index (χ0) is 12.7. The first-order valence-electron chi connectivity index (χ1n) is 5.20. The van der Waals surface area contributed by atoms with Gasteiger partial charge in [-0.1, -0.05) is 23.4 Å². The Morgan fingerprint density at radius 3 is 2.67 bits per heavy atom. The molecule has 0 radical (unpaired) electrons. The molecule has 3 rings (SSSR count). The van der Waals surface area contributed by atoms with Crippen molar-refractivity contribution in [3.05, 3.63) is 22.7 Å². The Balaban J connectivity index is 1.89. The molecule has 0 bridgehead atoms. The van der Waals surface area contributed by atoms with E-state index in [2.05, 4.69) is 0 Å². The van der Waals surface area contributed by atoms with E-state index in [-0.39, 0.29) is 30.2 Å². The van der Waals surface area contributed by atoms with Gasteiger partial charge in [-0.2, -0.15) is 0 Å². The Labute approximate surface area is 112 Å². The van der Waals surface area contributed by atoms with E-state index in [1.54, 1.807) is 12.1 Å². The third kappa shape index (κ3) is 1.91. The summed E-state index contributed by atoms with van der Waals surface area (Å²) in [6.07, 6.45) is 0. The lowest BCUT2D eigenvalue weighted by atomic mass is 10.2. The van der Waals surface area contributed by atoms with Crippen LogP contribution < -0.4 is 9.47 Å². The van der Waals surface area contributed by atoms with Crippen molar-refractivity contribution in [3.8, 4) is 11.5 Å². The van der Waals surface area contributed by atoms with Gasteiger partial charge in [-0.3, -0.25) is 14.5 Å². The Bertz CT molecular complexity index is 532. The maximum atomic E-state index is 11.5. The molecule has 0 aromatic heterocycles. The van der Waals surface area contributed by atoms with Crippen LogP contribution in [0.4, 0.5) is 4.79 Å². The molecule has 5 nitrogen and oxygen atoms in total. The fourth-order valence-corrected chi connectivity index (χ4v) is 2.72. The van der Waals surface area contributed by atoms with Gasteiger partial charge >= 0.3 is 0 Å². The first kappa shape index (κ1) is 11.7. The topological polar surface area (TPSA) is 55.8 Å². The molecular weight excluding hydrogens is 278 g/mol. The average molecular weight is 286 g/mol. The van der Waals surface area contributed by atoms with Gasteiger partial charge < -0.3 is 9.47 Å². The molecular formula is C11H8ClNO4S. The van der Waals surface area contributed by atoms with E-state index < -0.39 is 0 Å². The van der Waals surface area contributed by atoms with Crippen LogP contribution in [0.3, 0.4) is 0 Å². The summed E-state index contributed by atoms with van der Waals surface area (Å²) < 4.78 is 10.4. The van der Waals surface area contributed by atoms with Crippen LogP contribution in [-0.4, -0.2) is 28.6 Å². The van der Waals surface area contributed by atoms with Gasteiger partial charge in [0.2, 0.25) is 12.7 Å². The predicted octanol–water partition coefficient (Wildman–Crippen LogP) is 2.26. The van der Waals surface area contributed by atoms with Crippen molar-refractivity contribution < 1.29 is 19.1 Å². The van der Waals surface area contributed by atoms with Crippen LogP contribution in [-0.2, 0) is 11.3 Å². The number of amides is 2. The Morgan fingerprint density at radius 2 is 2.00 bits per heavy atom. The van der Waals surface area contributed by atoms with Crippen molar-refractivity contribution in [1.29, 1.82) is 0 Å². The summed E-state index contributed by atoms with van der Waals surface area (Å²) in [5, 5.41) is 0.213. The van der Waals surface area contributed by atoms with Gasteiger partial charge in [-0.25, -0.2) is 0 Å². The molecule has 0 N–H and O–H groups in total. The monoisotopic (exact) mass is 285 g/mol. The van der Waals surface area contributed by atoms with Gasteiger partial charge in [0.15, 0.2) is 11.5 Å². The molecule has 2 heterocycles. The van der Waals surface area contributed by atoms with Crippen molar-refractivity contribution in [3.63, 3.8) is 0 Å². The van der Waals surface area contributed by atoms with Gasteiger partial charge in [0.1, 0.15) is 0 Å². The SMILES string of the molecule is O=C1CSC(=O)N1Cc1cc2c(cc1Cl)OCO2. The number of hydrogen-bond donors (Lipinski definition) is 0. The molecule has 1 fully saturated rings. The molecule has 94 valence electrons. The number of carbonyl (C=O) groups is 2. The molecule has 1 saturated heterocycles. The number of benzene rings is 1. The predicted molar refractivity (Wildman–Crippen MR) is 66.0 cm³/mol. The molecule has 2 amide bonds. The lowest BCUT2D eigenvalue weighted by Gasteiger charge is -2.14. The van der Waals surface area contributed by atoms with E-state index in [0.29, 0.717) is 22.1 Å². The highest BCUT2D eigenvalue weighted by molar-refractivity contribution is 8.14. The Hall–Kier alpha value is -1.40. The Kier molecular flexibility index (Phi) is 2.83. The van der Waals surface area contributed by atoms with Gasteiger partial charge in [-0.05, 0) is 11.6 Å². The summed E-state index contributed by atoms with van der Waals surface area (Å²) >= 11 is 7.09. The average Bonchev–Trinajstić information content (AvgIpc) is 2.90. The quantitative estimate of drug-likeness (QED) is 0.834. The van der Waals surface area contributed by atoms with E-state index in [9.17, 15) is 9.59 Å². The molecule has 0 atom stereocenters. The van der Waals surface area contributed by atoms with Gasteiger partial charge in [-0.15, -0.1) is 0 Å². The largest absolute Gasteiger partial charge is 0.454 e. The van der Waals surface area contributed by atoms with E-state index in [1.165, 1.54) is 4.90 Å². The van der Waals surface area contributed by atoms with Crippen LogP contribution in [0.1, 0.15) is 5.56 Å². The van der Waals surface area contributed by atoms with Crippen LogP contribution in [0.5, 0.6) is 11.5 Å². The van der Waals surface area contributed by atoms with Gasteiger partial charge in [0.05, 0.1) is 12.3 Å².